The molecule has 1 aromatic rings. The number of hydrogen-bond donors (Lipinski definition) is 0. The summed E-state index contributed by atoms with van der Waals surface area (Å²) in [7, 11) is 4.20. The zero-order chi connectivity index (χ0) is 12.3. The summed E-state index contributed by atoms with van der Waals surface area (Å²) < 4.78 is 0. The predicted octanol–water partition coefficient (Wildman–Crippen LogP) is 2.03. The number of nitrogens with zero attached hydrogens (tertiary/aromatic N) is 2. The molecule has 0 saturated carbocycles. The molecular formula is C14H20N2O. The molecule has 0 spiro atoms. The Labute approximate surface area is 103 Å². The van der Waals surface area contributed by atoms with Crippen molar-refractivity contribution in [3.05, 3.63) is 29.8 Å². The molecule has 1 heterocycles. The summed E-state index contributed by atoms with van der Waals surface area (Å²) in [6, 6.07) is 8.41. The lowest BCUT2D eigenvalue weighted by molar-refractivity contribution is 0.112. The molecular weight excluding hydrogens is 212 g/mol. The Morgan fingerprint density at radius 2 is 2.18 bits per heavy atom. The second-order valence-corrected chi connectivity index (χ2v) is 4.93. The second-order valence-electron chi connectivity index (χ2n) is 4.93. The zero-order valence-corrected chi connectivity index (χ0v) is 10.6. The Balaban J connectivity index is 2.22. The van der Waals surface area contributed by atoms with Gasteiger partial charge in [0.2, 0.25) is 0 Å². The molecule has 0 radical (unpaired) electrons. The molecule has 1 saturated heterocycles. The van der Waals surface area contributed by atoms with Gasteiger partial charge in [-0.2, -0.15) is 0 Å². The summed E-state index contributed by atoms with van der Waals surface area (Å²) >= 11 is 0. The molecule has 92 valence electrons. The first kappa shape index (κ1) is 12.1. The highest BCUT2D eigenvalue weighted by Crippen LogP contribution is 2.28. The van der Waals surface area contributed by atoms with Gasteiger partial charge in [0.1, 0.15) is 0 Å². The van der Waals surface area contributed by atoms with E-state index in [2.05, 4.69) is 30.0 Å². The topological polar surface area (TPSA) is 23.6 Å². The van der Waals surface area contributed by atoms with Crippen molar-refractivity contribution in [3.8, 4) is 0 Å². The first-order chi connectivity index (χ1) is 8.22. The largest absolute Gasteiger partial charge is 0.367 e. The number of anilines is 1. The maximum absolute atomic E-state index is 11.1. The van der Waals surface area contributed by atoms with Gasteiger partial charge in [-0.05, 0) is 39.1 Å². The Bertz CT molecular complexity index is 390. The number of hydrogen-bond acceptors (Lipinski definition) is 3. The number of benzene rings is 1. The van der Waals surface area contributed by atoms with Crippen molar-refractivity contribution >= 4 is 12.0 Å². The van der Waals surface area contributed by atoms with E-state index in [0.29, 0.717) is 6.04 Å². The monoisotopic (exact) mass is 232 g/mol. The third-order valence-electron chi connectivity index (χ3n) is 3.33. The van der Waals surface area contributed by atoms with Crippen LogP contribution in [0.3, 0.4) is 0 Å². The molecule has 0 aromatic heterocycles. The van der Waals surface area contributed by atoms with Gasteiger partial charge in [0, 0.05) is 30.4 Å². The third kappa shape index (κ3) is 2.67. The van der Waals surface area contributed by atoms with Crippen LogP contribution in [0.15, 0.2) is 24.3 Å². The average molecular weight is 232 g/mol. The lowest BCUT2D eigenvalue weighted by Crippen LogP contribution is -2.38. The Morgan fingerprint density at radius 3 is 2.88 bits per heavy atom. The van der Waals surface area contributed by atoms with E-state index in [9.17, 15) is 4.79 Å². The van der Waals surface area contributed by atoms with Crippen LogP contribution in [0.25, 0.3) is 0 Å². The number of rotatable bonds is 4. The van der Waals surface area contributed by atoms with Crippen LogP contribution < -0.4 is 4.90 Å². The lowest BCUT2D eigenvalue weighted by Gasteiger charge is -2.29. The molecule has 0 bridgehead atoms. The molecule has 1 aliphatic rings. The lowest BCUT2D eigenvalue weighted by atomic mass is 10.1. The van der Waals surface area contributed by atoms with Gasteiger partial charge in [0.25, 0.3) is 0 Å². The maximum Gasteiger partial charge on any atom is 0.152 e. The Morgan fingerprint density at radius 1 is 1.41 bits per heavy atom. The Kier molecular flexibility index (Phi) is 3.79. The predicted molar refractivity (Wildman–Crippen MR) is 70.8 cm³/mol. The maximum atomic E-state index is 11.1. The fourth-order valence-electron chi connectivity index (χ4n) is 2.61. The molecule has 0 aliphatic carbocycles. The highest BCUT2D eigenvalue weighted by Gasteiger charge is 2.26. The van der Waals surface area contributed by atoms with Crippen molar-refractivity contribution in [2.75, 3.05) is 32.1 Å². The molecule has 1 aliphatic heterocycles. The van der Waals surface area contributed by atoms with Crippen molar-refractivity contribution in [2.24, 2.45) is 0 Å². The van der Waals surface area contributed by atoms with Gasteiger partial charge in [-0.25, -0.2) is 0 Å². The number of likely N-dealkylation sites (N-methyl/N-ethyl adjacent to an activating group) is 1. The van der Waals surface area contributed by atoms with Crippen molar-refractivity contribution < 1.29 is 4.79 Å². The third-order valence-corrected chi connectivity index (χ3v) is 3.33. The molecule has 0 N–H and O–H groups in total. The van der Waals surface area contributed by atoms with E-state index in [1.165, 1.54) is 12.8 Å². The highest BCUT2D eigenvalue weighted by molar-refractivity contribution is 5.84. The van der Waals surface area contributed by atoms with Gasteiger partial charge in [0.15, 0.2) is 6.29 Å². The summed E-state index contributed by atoms with van der Waals surface area (Å²) in [6.45, 7) is 2.11. The van der Waals surface area contributed by atoms with Gasteiger partial charge in [-0.1, -0.05) is 12.1 Å². The average Bonchev–Trinajstić information content (AvgIpc) is 2.76. The minimum absolute atomic E-state index is 0.533. The molecule has 2 rings (SSSR count). The first-order valence-electron chi connectivity index (χ1n) is 6.18. The number of aldehydes is 1. The number of carbonyl (C=O) groups is 1. The van der Waals surface area contributed by atoms with E-state index in [-0.39, 0.29) is 0 Å². The van der Waals surface area contributed by atoms with Gasteiger partial charge >= 0.3 is 0 Å². The SMILES string of the molecule is CN(C)CC1CCCN1c1ccccc1C=O. The second kappa shape index (κ2) is 5.32. The van der Waals surface area contributed by atoms with Crippen LogP contribution in [-0.2, 0) is 0 Å². The van der Waals surface area contributed by atoms with E-state index >= 15 is 0 Å². The van der Waals surface area contributed by atoms with Crippen molar-refractivity contribution in [1.29, 1.82) is 0 Å². The van der Waals surface area contributed by atoms with E-state index in [1.54, 1.807) is 0 Å². The molecule has 3 nitrogen and oxygen atoms in total. The van der Waals surface area contributed by atoms with Gasteiger partial charge < -0.3 is 9.80 Å². The van der Waals surface area contributed by atoms with Crippen molar-refractivity contribution in [3.63, 3.8) is 0 Å². The van der Waals surface area contributed by atoms with Crippen LogP contribution in [0.5, 0.6) is 0 Å². The number of carbonyl (C=O) groups excluding carboxylic acids is 1. The minimum Gasteiger partial charge on any atom is -0.367 e. The Hall–Kier alpha value is -1.35. The quantitative estimate of drug-likeness (QED) is 0.742. The molecule has 0 amide bonds. The van der Waals surface area contributed by atoms with Crippen LogP contribution in [0, 0.1) is 0 Å². The van der Waals surface area contributed by atoms with Gasteiger partial charge in [0.05, 0.1) is 0 Å². The fourth-order valence-corrected chi connectivity index (χ4v) is 2.61. The highest BCUT2D eigenvalue weighted by atomic mass is 16.1. The zero-order valence-electron chi connectivity index (χ0n) is 10.6. The summed E-state index contributed by atoms with van der Waals surface area (Å²) in [6.07, 6.45) is 3.39. The van der Waals surface area contributed by atoms with E-state index in [0.717, 1.165) is 30.6 Å². The minimum atomic E-state index is 0.533. The van der Waals surface area contributed by atoms with Gasteiger partial charge in [-0.15, -0.1) is 0 Å². The molecule has 1 unspecified atom stereocenters. The van der Waals surface area contributed by atoms with E-state index < -0.39 is 0 Å². The standard InChI is InChI=1S/C14H20N2O/c1-15(2)10-13-7-5-9-16(13)14-8-4-3-6-12(14)11-17/h3-4,6,8,11,13H,5,7,9-10H2,1-2H3. The molecule has 1 atom stereocenters. The van der Waals surface area contributed by atoms with Crippen molar-refractivity contribution in [1.82, 2.24) is 4.90 Å². The van der Waals surface area contributed by atoms with Gasteiger partial charge in [-0.3, -0.25) is 4.79 Å². The fraction of sp³-hybridized carbons (Fsp3) is 0.500. The number of para-hydroxylation sites is 1. The normalized spacial score (nSPS) is 19.9. The smallest absolute Gasteiger partial charge is 0.152 e. The van der Waals surface area contributed by atoms with Crippen LogP contribution in [-0.4, -0.2) is 44.4 Å². The van der Waals surface area contributed by atoms with E-state index in [4.69, 9.17) is 0 Å². The van der Waals surface area contributed by atoms with E-state index in [1.807, 2.05) is 18.2 Å². The summed E-state index contributed by atoms with van der Waals surface area (Å²) in [4.78, 5) is 15.7. The van der Waals surface area contributed by atoms with Crippen LogP contribution in [0.2, 0.25) is 0 Å². The summed E-state index contributed by atoms with van der Waals surface area (Å²) in [5.74, 6) is 0. The molecule has 3 heteroatoms. The molecule has 1 aromatic carbocycles. The molecule has 17 heavy (non-hydrogen) atoms. The van der Waals surface area contributed by atoms with Crippen LogP contribution >= 0.6 is 0 Å². The van der Waals surface area contributed by atoms with Crippen LogP contribution in [0.1, 0.15) is 23.2 Å². The molecule has 1 fully saturated rings. The summed E-state index contributed by atoms with van der Waals surface area (Å²) in [5, 5.41) is 0. The van der Waals surface area contributed by atoms with Crippen LogP contribution in [0.4, 0.5) is 5.69 Å². The van der Waals surface area contributed by atoms with Crippen molar-refractivity contribution in [2.45, 2.75) is 18.9 Å². The summed E-state index contributed by atoms with van der Waals surface area (Å²) in [5.41, 5.74) is 1.89. The first-order valence-corrected chi connectivity index (χ1v) is 6.18.